The summed E-state index contributed by atoms with van der Waals surface area (Å²) in [6.45, 7) is 9.14. The molecule has 8 heteroatoms. The van der Waals surface area contributed by atoms with Crippen molar-refractivity contribution >= 4 is 29.0 Å². The Balaban J connectivity index is 1.36. The molecule has 210 valence electrons. The maximum atomic E-state index is 12.6. The molecular weight excluding hydrogens is 496 g/mol. The van der Waals surface area contributed by atoms with Crippen LogP contribution in [0, 0.1) is 0 Å². The molecule has 3 rings (SSSR count). The first kappa shape index (κ1) is 30.0. The van der Waals surface area contributed by atoms with E-state index < -0.39 is 0 Å². The zero-order chi connectivity index (χ0) is 27.4. The molecule has 2 amide bonds. The van der Waals surface area contributed by atoms with E-state index in [0.29, 0.717) is 28.7 Å². The van der Waals surface area contributed by atoms with E-state index in [-0.39, 0.29) is 11.4 Å². The molecule has 7 nitrogen and oxygen atoms in total. The standard InChI is InChI=1S/C30H47ClN6O/c1-5-6-7-8-9-10-11-12-13-14-15-16-19-22-32-29(38)33-24-21-18-17-20-23(24)27-34-28-25(31)26(30(2,3)4)35-37(28)36-27/h17-18,20-21H,5-16,19,22H2,1-4H3,(H,34,36)(H2,32,33,38). The van der Waals surface area contributed by atoms with E-state index >= 15 is 0 Å². The minimum absolute atomic E-state index is 0.184. The Morgan fingerprint density at radius 1 is 0.895 bits per heavy atom. The van der Waals surface area contributed by atoms with Gasteiger partial charge in [0.05, 0.1) is 11.4 Å². The number of aromatic nitrogens is 4. The number of para-hydroxylation sites is 1. The highest BCUT2D eigenvalue weighted by Gasteiger charge is 2.25. The van der Waals surface area contributed by atoms with Crippen molar-refractivity contribution < 1.29 is 4.79 Å². The van der Waals surface area contributed by atoms with Crippen molar-refractivity contribution in [3.63, 3.8) is 0 Å². The predicted octanol–water partition coefficient (Wildman–Crippen LogP) is 8.89. The minimum Gasteiger partial charge on any atom is -0.338 e. The SMILES string of the molecule is CCCCCCCCCCCCCCCNC(=O)Nc1ccccc1-c1nn2nc(C(C)(C)C)c(Cl)c2[nH]1. The fraction of sp³-hybridized carbons (Fsp3) is 0.633. The average molecular weight is 543 g/mol. The molecule has 3 N–H and O–H groups in total. The van der Waals surface area contributed by atoms with Crippen molar-refractivity contribution in [2.75, 3.05) is 11.9 Å². The van der Waals surface area contributed by atoms with Crippen LogP contribution in [0.4, 0.5) is 10.5 Å². The second-order valence-electron chi connectivity index (χ2n) is 11.4. The third-order valence-corrected chi connectivity index (χ3v) is 7.31. The monoisotopic (exact) mass is 542 g/mol. The van der Waals surface area contributed by atoms with Crippen molar-refractivity contribution in [2.45, 2.75) is 117 Å². The Kier molecular flexibility index (Phi) is 12.0. The molecule has 0 saturated heterocycles. The number of carbonyl (C=O) groups is 1. The van der Waals surface area contributed by atoms with Gasteiger partial charge in [-0.3, -0.25) is 0 Å². The van der Waals surface area contributed by atoms with Crippen molar-refractivity contribution in [3.8, 4) is 11.4 Å². The lowest BCUT2D eigenvalue weighted by atomic mass is 9.92. The molecule has 0 aliphatic heterocycles. The van der Waals surface area contributed by atoms with Crippen LogP contribution in [-0.2, 0) is 5.41 Å². The number of H-pyrrole nitrogens is 1. The summed E-state index contributed by atoms with van der Waals surface area (Å²) in [6.07, 6.45) is 17.1. The number of fused-ring (bicyclic) bond motifs is 1. The van der Waals surface area contributed by atoms with Gasteiger partial charge in [-0.05, 0) is 18.6 Å². The van der Waals surface area contributed by atoms with Gasteiger partial charge in [0.25, 0.3) is 0 Å². The van der Waals surface area contributed by atoms with E-state index in [1.807, 2.05) is 24.3 Å². The first-order valence-electron chi connectivity index (χ1n) is 14.6. The van der Waals surface area contributed by atoms with Gasteiger partial charge in [-0.25, -0.2) is 4.79 Å². The number of anilines is 1. The lowest BCUT2D eigenvalue weighted by molar-refractivity contribution is 0.252. The first-order chi connectivity index (χ1) is 18.3. The molecule has 0 fully saturated rings. The number of hydrogen-bond acceptors (Lipinski definition) is 3. The van der Waals surface area contributed by atoms with Gasteiger partial charge in [0, 0.05) is 17.5 Å². The first-order valence-corrected chi connectivity index (χ1v) is 15.0. The summed E-state index contributed by atoms with van der Waals surface area (Å²) in [7, 11) is 0. The van der Waals surface area contributed by atoms with Crippen LogP contribution in [0.5, 0.6) is 0 Å². The summed E-state index contributed by atoms with van der Waals surface area (Å²) in [5, 5.41) is 15.7. The molecule has 0 spiro atoms. The molecule has 38 heavy (non-hydrogen) atoms. The van der Waals surface area contributed by atoms with Crippen molar-refractivity contribution in [3.05, 3.63) is 35.0 Å². The zero-order valence-electron chi connectivity index (χ0n) is 23.8. The lowest BCUT2D eigenvalue weighted by Crippen LogP contribution is -2.29. The number of amides is 2. The summed E-state index contributed by atoms with van der Waals surface area (Å²) in [5.41, 5.74) is 2.72. The van der Waals surface area contributed by atoms with Gasteiger partial charge in [-0.2, -0.15) is 5.10 Å². The Morgan fingerprint density at radius 2 is 1.47 bits per heavy atom. The Hall–Kier alpha value is -2.54. The van der Waals surface area contributed by atoms with E-state index in [0.717, 1.165) is 24.1 Å². The highest BCUT2D eigenvalue weighted by Crippen LogP contribution is 2.33. The van der Waals surface area contributed by atoms with E-state index in [1.165, 1.54) is 75.3 Å². The molecular formula is C30H47ClN6O. The van der Waals surface area contributed by atoms with Crippen LogP contribution in [0.25, 0.3) is 17.0 Å². The van der Waals surface area contributed by atoms with Gasteiger partial charge in [0.15, 0.2) is 11.5 Å². The van der Waals surface area contributed by atoms with Crippen molar-refractivity contribution in [2.24, 2.45) is 0 Å². The lowest BCUT2D eigenvalue weighted by Gasteiger charge is -2.14. The number of halogens is 1. The van der Waals surface area contributed by atoms with Crippen LogP contribution in [0.3, 0.4) is 0 Å². The summed E-state index contributed by atoms with van der Waals surface area (Å²) >= 11 is 6.58. The molecule has 2 heterocycles. The molecule has 0 atom stereocenters. The predicted molar refractivity (Wildman–Crippen MR) is 159 cm³/mol. The molecule has 0 radical (unpaired) electrons. The minimum atomic E-state index is -0.208. The molecule has 0 aliphatic rings. The number of nitrogens with one attached hydrogen (secondary N) is 3. The van der Waals surface area contributed by atoms with Gasteiger partial charge in [0.1, 0.15) is 5.02 Å². The zero-order valence-corrected chi connectivity index (χ0v) is 24.6. The van der Waals surface area contributed by atoms with Crippen LogP contribution < -0.4 is 10.6 Å². The van der Waals surface area contributed by atoms with Crippen LogP contribution in [0.1, 0.15) is 117 Å². The number of hydrogen-bond donors (Lipinski definition) is 3. The van der Waals surface area contributed by atoms with Crippen LogP contribution >= 0.6 is 11.6 Å². The maximum absolute atomic E-state index is 12.6. The van der Waals surface area contributed by atoms with Gasteiger partial charge in [-0.1, -0.05) is 128 Å². The van der Waals surface area contributed by atoms with Crippen LogP contribution in [0.15, 0.2) is 24.3 Å². The highest BCUT2D eigenvalue weighted by molar-refractivity contribution is 6.34. The number of rotatable bonds is 16. The summed E-state index contributed by atoms with van der Waals surface area (Å²) in [5.74, 6) is 0.599. The number of benzene rings is 1. The number of urea groups is 1. The average Bonchev–Trinajstić information content (AvgIpc) is 3.44. The van der Waals surface area contributed by atoms with Gasteiger partial charge < -0.3 is 15.6 Å². The van der Waals surface area contributed by atoms with Crippen molar-refractivity contribution in [1.82, 2.24) is 25.1 Å². The number of nitrogens with zero attached hydrogens (tertiary/aromatic N) is 3. The number of aromatic amines is 1. The Bertz CT molecular complexity index is 1130. The molecule has 3 aromatic rings. The summed E-state index contributed by atoms with van der Waals surface area (Å²) in [6, 6.07) is 7.39. The summed E-state index contributed by atoms with van der Waals surface area (Å²) < 4.78 is 1.53. The fourth-order valence-corrected chi connectivity index (χ4v) is 5.15. The van der Waals surface area contributed by atoms with Crippen molar-refractivity contribution in [1.29, 1.82) is 0 Å². The molecule has 2 aromatic heterocycles. The topological polar surface area (TPSA) is 87.1 Å². The largest absolute Gasteiger partial charge is 0.338 e. The van der Waals surface area contributed by atoms with E-state index in [1.54, 1.807) is 0 Å². The Morgan fingerprint density at radius 3 is 2.05 bits per heavy atom. The summed E-state index contributed by atoms with van der Waals surface area (Å²) in [4.78, 5) is 15.8. The van der Waals surface area contributed by atoms with Gasteiger partial charge in [0.2, 0.25) is 0 Å². The quantitative estimate of drug-likeness (QED) is 0.158. The molecule has 0 bridgehead atoms. The third-order valence-electron chi connectivity index (χ3n) is 6.95. The van der Waals surface area contributed by atoms with Crippen LogP contribution in [0.2, 0.25) is 5.02 Å². The van der Waals surface area contributed by atoms with E-state index in [9.17, 15) is 4.79 Å². The van der Waals surface area contributed by atoms with E-state index in [2.05, 4.69) is 53.5 Å². The fourth-order valence-electron chi connectivity index (χ4n) is 4.71. The maximum Gasteiger partial charge on any atom is 0.319 e. The molecule has 0 saturated carbocycles. The Labute approximate surface area is 233 Å². The second-order valence-corrected chi connectivity index (χ2v) is 11.8. The van der Waals surface area contributed by atoms with Gasteiger partial charge >= 0.3 is 6.03 Å². The van der Waals surface area contributed by atoms with Crippen LogP contribution in [-0.4, -0.2) is 32.4 Å². The number of unbranched alkanes of at least 4 members (excludes halogenated alkanes) is 12. The highest BCUT2D eigenvalue weighted by atomic mass is 35.5. The number of carbonyl (C=O) groups excluding carboxylic acids is 1. The normalized spacial score (nSPS) is 11.8. The molecule has 0 unspecified atom stereocenters. The smallest absolute Gasteiger partial charge is 0.319 e. The third kappa shape index (κ3) is 9.04. The van der Waals surface area contributed by atoms with Gasteiger partial charge in [-0.15, -0.1) is 9.73 Å². The van der Waals surface area contributed by atoms with E-state index in [4.69, 9.17) is 11.6 Å². The second kappa shape index (κ2) is 15.2. The molecule has 0 aliphatic carbocycles. The molecule has 1 aromatic carbocycles.